The first kappa shape index (κ1) is 18.6. The minimum Gasteiger partial charge on any atom is -0.490 e. The molecule has 1 saturated heterocycles. The molecule has 0 bridgehead atoms. The molecule has 0 spiro atoms. The molecule has 0 radical (unpaired) electrons. The lowest BCUT2D eigenvalue weighted by Crippen LogP contribution is -2.47. The highest BCUT2D eigenvalue weighted by molar-refractivity contribution is 7.80. The summed E-state index contributed by atoms with van der Waals surface area (Å²) >= 11 is 17.4. The molecule has 7 heteroatoms. The van der Waals surface area contributed by atoms with E-state index in [1.165, 1.54) is 0 Å². The number of halogens is 2. The van der Waals surface area contributed by atoms with Gasteiger partial charge in [0.15, 0.2) is 5.11 Å². The Morgan fingerprint density at radius 1 is 1.30 bits per heavy atom. The van der Waals surface area contributed by atoms with Crippen molar-refractivity contribution in [2.75, 3.05) is 40.3 Å². The minimum absolute atomic E-state index is 0.188. The lowest BCUT2D eigenvalue weighted by molar-refractivity contribution is 0.130. The lowest BCUT2D eigenvalue weighted by atomic mass is 10.1. The molecule has 128 valence electrons. The molecule has 0 saturated carbocycles. The molecule has 0 aromatic heterocycles. The molecule has 1 heterocycles. The summed E-state index contributed by atoms with van der Waals surface area (Å²) < 4.78 is 5.99. The topological polar surface area (TPSA) is 27.7 Å². The Morgan fingerprint density at radius 2 is 2.00 bits per heavy atom. The van der Waals surface area contributed by atoms with E-state index < -0.39 is 0 Å². The number of nitrogens with zero attached hydrogens (tertiary/aromatic N) is 2. The van der Waals surface area contributed by atoms with Crippen molar-refractivity contribution in [2.45, 2.75) is 18.9 Å². The maximum atomic E-state index is 6.02. The molecule has 0 unspecified atom stereocenters. The first-order valence-electron chi connectivity index (χ1n) is 7.75. The normalized spacial score (nSPS) is 15.8. The number of thiocarbonyl (C=S) groups is 1. The molecule has 1 fully saturated rings. The van der Waals surface area contributed by atoms with Crippen LogP contribution >= 0.6 is 35.4 Å². The van der Waals surface area contributed by atoms with Gasteiger partial charge in [0.05, 0.1) is 10.0 Å². The van der Waals surface area contributed by atoms with Gasteiger partial charge in [-0.05, 0) is 38.4 Å². The second kappa shape index (κ2) is 8.92. The fourth-order valence-electron chi connectivity index (χ4n) is 2.42. The van der Waals surface area contributed by atoms with Crippen molar-refractivity contribution in [3.63, 3.8) is 0 Å². The van der Waals surface area contributed by atoms with Crippen LogP contribution in [0.4, 0.5) is 0 Å². The summed E-state index contributed by atoms with van der Waals surface area (Å²) in [6.45, 7) is 3.64. The van der Waals surface area contributed by atoms with Gasteiger partial charge in [0.2, 0.25) is 0 Å². The molecule has 23 heavy (non-hydrogen) atoms. The number of piperidine rings is 1. The molecule has 1 aromatic rings. The zero-order valence-corrected chi connectivity index (χ0v) is 15.8. The van der Waals surface area contributed by atoms with Gasteiger partial charge in [0.25, 0.3) is 0 Å². The van der Waals surface area contributed by atoms with E-state index in [2.05, 4.69) is 29.2 Å². The molecule has 1 aliphatic rings. The quantitative estimate of drug-likeness (QED) is 0.797. The van der Waals surface area contributed by atoms with E-state index in [0.717, 1.165) is 49.9 Å². The van der Waals surface area contributed by atoms with E-state index in [-0.39, 0.29) is 6.10 Å². The van der Waals surface area contributed by atoms with Gasteiger partial charge in [-0.1, -0.05) is 23.2 Å². The van der Waals surface area contributed by atoms with Crippen LogP contribution in [-0.2, 0) is 0 Å². The molecule has 2 rings (SSSR count). The summed E-state index contributed by atoms with van der Waals surface area (Å²) in [5.74, 6) is 0.768. The first-order chi connectivity index (χ1) is 11.0. The number of hydrogen-bond acceptors (Lipinski definition) is 3. The molecular formula is C16H23Cl2N3OS. The smallest absolute Gasteiger partial charge is 0.168 e. The molecule has 4 nitrogen and oxygen atoms in total. The van der Waals surface area contributed by atoms with Gasteiger partial charge in [0, 0.05) is 45.1 Å². The fraction of sp³-hybridized carbons (Fsp3) is 0.562. The summed E-state index contributed by atoms with van der Waals surface area (Å²) in [6.07, 6.45) is 2.07. The number of benzene rings is 1. The van der Waals surface area contributed by atoms with Gasteiger partial charge in [-0.3, -0.25) is 0 Å². The summed E-state index contributed by atoms with van der Waals surface area (Å²) in [7, 11) is 4.10. The van der Waals surface area contributed by atoms with Crippen LogP contribution in [0.3, 0.4) is 0 Å². The van der Waals surface area contributed by atoms with Gasteiger partial charge in [-0.25, -0.2) is 0 Å². The Labute approximate surface area is 153 Å². The largest absolute Gasteiger partial charge is 0.490 e. The highest BCUT2D eigenvalue weighted by atomic mass is 35.5. The fourth-order valence-corrected chi connectivity index (χ4v) is 2.99. The van der Waals surface area contributed by atoms with Crippen molar-refractivity contribution in [1.82, 2.24) is 15.1 Å². The summed E-state index contributed by atoms with van der Waals surface area (Å²) in [5, 5.41) is 5.20. The second-order valence-corrected chi connectivity index (χ2v) is 7.12. The number of rotatable bonds is 5. The highest BCUT2D eigenvalue weighted by Gasteiger charge is 2.22. The Morgan fingerprint density at radius 3 is 2.61 bits per heavy atom. The van der Waals surface area contributed by atoms with Crippen molar-refractivity contribution in [2.24, 2.45) is 0 Å². The molecule has 1 aliphatic heterocycles. The average molecular weight is 376 g/mol. The van der Waals surface area contributed by atoms with Crippen LogP contribution in [0.25, 0.3) is 0 Å². The van der Waals surface area contributed by atoms with Crippen molar-refractivity contribution < 1.29 is 4.74 Å². The van der Waals surface area contributed by atoms with Gasteiger partial charge in [0.1, 0.15) is 11.9 Å². The SMILES string of the molecule is CN(C)CCNC(=S)N1CCC(Oc2ccc(Cl)c(Cl)c2)CC1. The third-order valence-electron chi connectivity index (χ3n) is 3.76. The number of ether oxygens (including phenoxy) is 1. The Balaban J connectivity index is 1.75. The van der Waals surface area contributed by atoms with Gasteiger partial charge in [-0.2, -0.15) is 0 Å². The predicted octanol–water partition coefficient (Wildman–Crippen LogP) is 3.27. The van der Waals surface area contributed by atoms with Crippen molar-refractivity contribution >= 4 is 40.5 Å². The van der Waals surface area contributed by atoms with Crippen molar-refractivity contribution in [1.29, 1.82) is 0 Å². The lowest BCUT2D eigenvalue weighted by Gasteiger charge is -2.34. The maximum absolute atomic E-state index is 6.02. The maximum Gasteiger partial charge on any atom is 0.168 e. The predicted molar refractivity (Wildman–Crippen MR) is 101 cm³/mol. The highest BCUT2D eigenvalue weighted by Crippen LogP contribution is 2.28. The number of nitrogens with one attached hydrogen (secondary N) is 1. The van der Waals surface area contributed by atoms with Crippen molar-refractivity contribution in [3.05, 3.63) is 28.2 Å². The van der Waals surface area contributed by atoms with E-state index in [1.54, 1.807) is 12.1 Å². The molecule has 0 atom stereocenters. The van der Waals surface area contributed by atoms with Gasteiger partial charge in [-0.15, -0.1) is 0 Å². The average Bonchev–Trinajstić information content (AvgIpc) is 2.51. The molecule has 1 N–H and O–H groups in total. The molecular weight excluding hydrogens is 353 g/mol. The Hall–Kier alpha value is -0.750. The van der Waals surface area contributed by atoms with Crippen molar-refractivity contribution in [3.8, 4) is 5.75 Å². The van der Waals surface area contributed by atoms with Crippen LogP contribution in [0.1, 0.15) is 12.8 Å². The number of likely N-dealkylation sites (tertiary alicyclic amines) is 1. The third kappa shape index (κ3) is 5.99. The van der Waals surface area contributed by atoms with E-state index in [0.29, 0.717) is 10.0 Å². The summed E-state index contributed by atoms with van der Waals surface area (Å²) in [5.41, 5.74) is 0. The van der Waals surface area contributed by atoms with Crippen LogP contribution in [0, 0.1) is 0 Å². The van der Waals surface area contributed by atoms with E-state index in [4.69, 9.17) is 40.2 Å². The van der Waals surface area contributed by atoms with E-state index in [1.807, 2.05) is 6.07 Å². The van der Waals surface area contributed by atoms with Gasteiger partial charge >= 0.3 is 0 Å². The third-order valence-corrected chi connectivity index (χ3v) is 4.90. The molecule has 0 amide bonds. The van der Waals surface area contributed by atoms with Crippen LogP contribution in [0.2, 0.25) is 10.0 Å². The van der Waals surface area contributed by atoms with E-state index in [9.17, 15) is 0 Å². The van der Waals surface area contributed by atoms with Crippen LogP contribution in [-0.4, -0.2) is 61.3 Å². The Kier molecular flexibility index (Phi) is 7.21. The second-order valence-electron chi connectivity index (χ2n) is 5.92. The van der Waals surface area contributed by atoms with Crippen LogP contribution in [0.5, 0.6) is 5.75 Å². The minimum atomic E-state index is 0.188. The number of hydrogen-bond donors (Lipinski definition) is 1. The zero-order chi connectivity index (χ0) is 16.8. The zero-order valence-electron chi connectivity index (χ0n) is 13.5. The molecule has 1 aromatic carbocycles. The van der Waals surface area contributed by atoms with Crippen LogP contribution in [0.15, 0.2) is 18.2 Å². The van der Waals surface area contributed by atoms with E-state index >= 15 is 0 Å². The first-order valence-corrected chi connectivity index (χ1v) is 8.91. The van der Waals surface area contributed by atoms with Gasteiger partial charge < -0.3 is 19.9 Å². The monoisotopic (exact) mass is 375 g/mol. The standard InChI is InChI=1S/C16H23Cl2N3OS/c1-20(2)10-7-19-16(23)21-8-5-12(6-9-21)22-13-3-4-14(17)15(18)11-13/h3-4,11-12H,5-10H2,1-2H3,(H,19,23). The number of likely N-dealkylation sites (N-methyl/N-ethyl adjacent to an activating group) is 1. The Bertz CT molecular complexity index is 534. The van der Waals surface area contributed by atoms with Crippen LogP contribution < -0.4 is 10.1 Å². The molecule has 0 aliphatic carbocycles. The summed E-state index contributed by atoms with van der Waals surface area (Å²) in [4.78, 5) is 4.34. The summed E-state index contributed by atoms with van der Waals surface area (Å²) in [6, 6.07) is 5.38.